The van der Waals surface area contributed by atoms with Gasteiger partial charge in [-0.2, -0.15) is 0 Å². The molecule has 1 amide bonds. The highest BCUT2D eigenvalue weighted by Gasteiger charge is 2.46. The third kappa shape index (κ3) is 3.42. The number of hydrogen-bond acceptors (Lipinski definition) is 7. The van der Waals surface area contributed by atoms with Gasteiger partial charge in [0.15, 0.2) is 11.5 Å². The lowest BCUT2D eigenvalue weighted by molar-refractivity contribution is -0.161. The molecule has 2 saturated heterocycles. The maximum atomic E-state index is 13.1. The molecule has 2 fully saturated rings. The van der Waals surface area contributed by atoms with Crippen molar-refractivity contribution in [3.8, 4) is 17.2 Å². The van der Waals surface area contributed by atoms with Crippen molar-refractivity contribution in [2.45, 2.75) is 44.5 Å². The zero-order valence-corrected chi connectivity index (χ0v) is 16.8. The average molecular weight is 392 g/mol. The molecule has 28 heavy (non-hydrogen) atoms. The normalized spacial score (nSPS) is 24.6. The Balaban J connectivity index is 1.92. The van der Waals surface area contributed by atoms with E-state index in [-0.39, 0.29) is 17.6 Å². The minimum atomic E-state index is -0.752. The molecule has 0 spiro atoms. The molecule has 2 aliphatic rings. The minimum Gasteiger partial charge on any atom is -0.493 e. The van der Waals surface area contributed by atoms with E-state index in [4.69, 9.17) is 14.2 Å². The van der Waals surface area contributed by atoms with Crippen LogP contribution in [-0.2, 0) is 4.79 Å². The number of aliphatic hydroxyl groups is 1. The summed E-state index contributed by atoms with van der Waals surface area (Å²) in [5.41, 5.74) is 0.171. The fraction of sp³-hybridized carbons (Fsp3) is 0.600. The standard InChI is InChI=1S/C20H28N2O6/c1-5-21-11-13-7-6-8-14(19(21)24)22(13)20(25)17(23)12-9-15(26-2)18(28-4)16(10-12)27-3/h9-10,13-14,19,24H,5-8,11H2,1-4H3. The number of Topliss-reactive ketones (excluding diaryl/α,β-unsaturated/α-hetero) is 1. The number of rotatable bonds is 6. The summed E-state index contributed by atoms with van der Waals surface area (Å²) in [5.74, 6) is -0.256. The molecule has 3 rings (SSSR count). The lowest BCUT2D eigenvalue weighted by Gasteiger charge is -2.52. The van der Waals surface area contributed by atoms with Crippen LogP contribution in [0.25, 0.3) is 0 Å². The highest BCUT2D eigenvalue weighted by Crippen LogP contribution is 2.39. The Kier molecular flexibility index (Phi) is 6.10. The summed E-state index contributed by atoms with van der Waals surface area (Å²) in [7, 11) is 4.39. The lowest BCUT2D eigenvalue weighted by atomic mass is 9.89. The SMILES string of the molecule is CCN1CC2CCCC(C1O)N2C(=O)C(=O)c1cc(OC)c(OC)c(OC)c1. The van der Waals surface area contributed by atoms with Crippen LogP contribution in [0, 0.1) is 0 Å². The third-order valence-corrected chi connectivity index (χ3v) is 5.71. The van der Waals surface area contributed by atoms with Gasteiger partial charge < -0.3 is 24.2 Å². The van der Waals surface area contributed by atoms with E-state index in [2.05, 4.69) is 0 Å². The Morgan fingerprint density at radius 3 is 2.29 bits per heavy atom. The number of fused-ring (bicyclic) bond motifs is 2. The number of ketones is 1. The van der Waals surface area contributed by atoms with E-state index in [1.54, 1.807) is 4.90 Å². The van der Waals surface area contributed by atoms with Gasteiger partial charge in [-0.1, -0.05) is 6.92 Å². The molecule has 0 aromatic heterocycles. The zero-order chi connectivity index (χ0) is 20.4. The second-order valence-corrected chi connectivity index (χ2v) is 7.11. The number of benzene rings is 1. The smallest absolute Gasteiger partial charge is 0.295 e. The number of amides is 1. The van der Waals surface area contributed by atoms with Gasteiger partial charge >= 0.3 is 0 Å². The van der Waals surface area contributed by atoms with Gasteiger partial charge in [0, 0.05) is 18.2 Å². The number of piperidine rings is 1. The number of nitrogens with zero attached hydrogens (tertiary/aromatic N) is 2. The summed E-state index contributed by atoms with van der Waals surface area (Å²) in [6, 6.07) is 2.53. The van der Waals surface area contributed by atoms with Crippen molar-refractivity contribution < 1.29 is 28.9 Å². The number of likely N-dealkylation sites (N-methyl/N-ethyl adjacent to an activating group) is 1. The largest absolute Gasteiger partial charge is 0.493 e. The molecule has 1 N–H and O–H groups in total. The Hall–Kier alpha value is -2.32. The maximum Gasteiger partial charge on any atom is 0.295 e. The Morgan fingerprint density at radius 1 is 1.11 bits per heavy atom. The molecule has 3 atom stereocenters. The molecule has 0 saturated carbocycles. The molecule has 3 unspecified atom stereocenters. The molecular weight excluding hydrogens is 364 g/mol. The summed E-state index contributed by atoms with van der Waals surface area (Å²) >= 11 is 0. The van der Waals surface area contributed by atoms with Gasteiger partial charge in [-0.15, -0.1) is 0 Å². The number of hydrogen-bond donors (Lipinski definition) is 1. The third-order valence-electron chi connectivity index (χ3n) is 5.71. The second-order valence-electron chi connectivity index (χ2n) is 7.11. The van der Waals surface area contributed by atoms with E-state index in [9.17, 15) is 14.7 Å². The maximum absolute atomic E-state index is 13.1. The van der Waals surface area contributed by atoms with Gasteiger partial charge in [0.05, 0.1) is 27.4 Å². The predicted octanol–water partition coefficient (Wildman–Crippen LogP) is 1.30. The number of ether oxygens (including phenoxy) is 3. The van der Waals surface area contributed by atoms with Crippen LogP contribution in [-0.4, -0.2) is 79.3 Å². The Morgan fingerprint density at radius 2 is 1.75 bits per heavy atom. The van der Waals surface area contributed by atoms with Crippen molar-refractivity contribution in [1.29, 1.82) is 0 Å². The minimum absolute atomic E-state index is 0.0689. The van der Waals surface area contributed by atoms with Crippen molar-refractivity contribution in [1.82, 2.24) is 9.80 Å². The summed E-state index contributed by atoms with van der Waals surface area (Å²) in [6.45, 7) is 3.26. The highest BCUT2D eigenvalue weighted by atomic mass is 16.5. The highest BCUT2D eigenvalue weighted by molar-refractivity contribution is 6.43. The van der Waals surface area contributed by atoms with Crippen molar-refractivity contribution in [3.05, 3.63) is 17.7 Å². The van der Waals surface area contributed by atoms with E-state index < -0.39 is 17.9 Å². The van der Waals surface area contributed by atoms with E-state index in [0.717, 1.165) is 12.8 Å². The molecule has 1 aromatic carbocycles. The summed E-state index contributed by atoms with van der Waals surface area (Å²) in [5, 5.41) is 10.6. The van der Waals surface area contributed by atoms with Crippen molar-refractivity contribution >= 4 is 11.7 Å². The average Bonchev–Trinajstić information content (AvgIpc) is 2.73. The lowest BCUT2D eigenvalue weighted by Crippen LogP contribution is -2.67. The molecule has 2 aliphatic heterocycles. The number of likely N-dealkylation sites (tertiary alicyclic amines) is 1. The molecule has 2 bridgehead atoms. The molecule has 0 aliphatic carbocycles. The van der Waals surface area contributed by atoms with Crippen LogP contribution in [0.5, 0.6) is 17.2 Å². The molecular formula is C20H28N2O6. The van der Waals surface area contributed by atoms with Crippen LogP contribution in [0.15, 0.2) is 12.1 Å². The van der Waals surface area contributed by atoms with Crippen LogP contribution in [0.3, 0.4) is 0 Å². The van der Waals surface area contributed by atoms with Gasteiger partial charge in [-0.3, -0.25) is 14.5 Å². The molecule has 8 heteroatoms. The fourth-order valence-corrected chi connectivity index (χ4v) is 4.29. The number of piperazine rings is 1. The van der Waals surface area contributed by atoms with Crippen molar-refractivity contribution in [2.75, 3.05) is 34.4 Å². The topological polar surface area (TPSA) is 88.5 Å². The molecule has 8 nitrogen and oxygen atoms in total. The first kappa shape index (κ1) is 20.4. The van der Waals surface area contributed by atoms with Gasteiger partial charge in [0.1, 0.15) is 6.23 Å². The molecule has 1 aromatic rings. The number of methoxy groups -OCH3 is 3. The summed E-state index contributed by atoms with van der Waals surface area (Å²) in [6.07, 6.45) is 1.70. The fourth-order valence-electron chi connectivity index (χ4n) is 4.29. The van der Waals surface area contributed by atoms with Crippen LogP contribution in [0.1, 0.15) is 36.5 Å². The van der Waals surface area contributed by atoms with Gasteiger partial charge in [0.25, 0.3) is 11.7 Å². The Labute approximate surface area is 165 Å². The van der Waals surface area contributed by atoms with Gasteiger partial charge in [-0.25, -0.2) is 0 Å². The van der Waals surface area contributed by atoms with Crippen molar-refractivity contribution in [2.24, 2.45) is 0 Å². The van der Waals surface area contributed by atoms with Gasteiger partial charge in [-0.05, 0) is 37.9 Å². The van der Waals surface area contributed by atoms with Crippen molar-refractivity contribution in [3.63, 3.8) is 0 Å². The Bertz CT molecular complexity index is 727. The van der Waals surface area contributed by atoms with Gasteiger partial charge in [0.2, 0.25) is 5.75 Å². The number of carbonyl (C=O) groups excluding carboxylic acids is 2. The van der Waals surface area contributed by atoms with E-state index in [0.29, 0.717) is 36.8 Å². The van der Waals surface area contributed by atoms with Crippen LogP contribution in [0.2, 0.25) is 0 Å². The molecule has 2 heterocycles. The quantitative estimate of drug-likeness (QED) is 0.577. The summed E-state index contributed by atoms with van der Waals surface area (Å²) < 4.78 is 15.8. The monoisotopic (exact) mass is 392 g/mol. The zero-order valence-electron chi connectivity index (χ0n) is 16.8. The first-order chi connectivity index (χ1) is 13.5. The molecule has 0 radical (unpaired) electrons. The number of carbonyl (C=O) groups is 2. The molecule has 154 valence electrons. The predicted molar refractivity (Wildman–Crippen MR) is 102 cm³/mol. The first-order valence-corrected chi connectivity index (χ1v) is 9.55. The number of aliphatic hydroxyl groups excluding tert-OH is 1. The second kappa shape index (κ2) is 8.36. The van der Waals surface area contributed by atoms with E-state index in [1.807, 2.05) is 11.8 Å². The van der Waals surface area contributed by atoms with E-state index in [1.165, 1.54) is 33.5 Å². The van der Waals surface area contributed by atoms with Crippen LogP contribution >= 0.6 is 0 Å². The van der Waals surface area contributed by atoms with E-state index >= 15 is 0 Å². The first-order valence-electron chi connectivity index (χ1n) is 9.55. The van der Waals surface area contributed by atoms with Crippen LogP contribution in [0.4, 0.5) is 0 Å². The summed E-state index contributed by atoms with van der Waals surface area (Å²) in [4.78, 5) is 29.7. The van der Waals surface area contributed by atoms with Crippen LogP contribution < -0.4 is 14.2 Å².